The lowest BCUT2D eigenvalue weighted by molar-refractivity contribution is -0.126. The van der Waals surface area contributed by atoms with Crippen LogP contribution in [0.1, 0.15) is 48.7 Å². The zero-order valence-corrected chi connectivity index (χ0v) is 16.1. The molecule has 0 unspecified atom stereocenters. The Bertz CT molecular complexity index is 854. The van der Waals surface area contributed by atoms with Crippen LogP contribution in [-0.2, 0) is 4.79 Å². The number of allylic oxidation sites excluding steroid dienone is 1. The van der Waals surface area contributed by atoms with Crippen LogP contribution in [0.25, 0.3) is 0 Å². The Kier molecular flexibility index (Phi) is 5.75. The van der Waals surface area contributed by atoms with E-state index in [9.17, 15) is 9.59 Å². The van der Waals surface area contributed by atoms with Crippen molar-refractivity contribution in [1.29, 1.82) is 0 Å². The molecule has 27 heavy (non-hydrogen) atoms. The van der Waals surface area contributed by atoms with Gasteiger partial charge in [0.2, 0.25) is 5.91 Å². The van der Waals surface area contributed by atoms with Crippen molar-refractivity contribution in [2.24, 2.45) is 5.92 Å². The lowest BCUT2D eigenvalue weighted by Crippen LogP contribution is -2.28. The number of benzene rings is 2. The topological polar surface area (TPSA) is 49.4 Å². The molecule has 4 heteroatoms. The van der Waals surface area contributed by atoms with Crippen LogP contribution in [0.4, 0.5) is 5.69 Å². The van der Waals surface area contributed by atoms with E-state index < -0.39 is 0 Å². The first kappa shape index (κ1) is 18.9. The van der Waals surface area contributed by atoms with E-state index in [1.807, 2.05) is 63.4 Å². The van der Waals surface area contributed by atoms with E-state index in [1.165, 1.54) is 18.4 Å². The van der Waals surface area contributed by atoms with Crippen LogP contribution in [0.2, 0.25) is 0 Å². The molecule has 4 nitrogen and oxygen atoms in total. The molecule has 0 radical (unpaired) electrons. The maximum atomic E-state index is 12.5. The maximum absolute atomic E-state index is 12.5. The highest BCUT2D eigenvalue weighted by molar-refractivity contribution is 6.04. The van der Waals surface area contributed by atoms with Crippen molar-refractivity contribution in [1.82, 2.24) is 4.90 Å². The van der Waals surface area contributed by atoms with Gasteiger partial charge in [0.15, 0.2) is 0 Å². The first-order valence-electron chi connectivity index (χ1n) is 9.37. The number of rotatable bonds is 6. The number of nitrogens with zero attached hydrogens (tertiary/aromatic N) is 1. The lowest BCUT2D eigenvalue weighted by atomic mass is 10.1. The number of nitrogens with one attached hydrogen (secondary N) is 1. The summed E-state index contributed by atoms with van der Waals surface area (Å²) in [4.78, 5) is 26.6. The van der Waals surface area contributed by atoms with Gasteiger partial charge >= 0.3 is 0 Å². The fraction of sp³-hybridized carbons (Fsp3) is 0.304. The Hall–Kier alpha value is -2.88. The highest BCUT2D eigenvalue weighted by atomic mass is 16.2. The standard InChI is InChI=1S/C23H26N2O2/c1-16(18-12-13-18)14-22(26)25(3)17(2)20-10-7-11-21(15-20)24-23(27)19-8-5-4-6-9-19/h4-11,14-15,17-18H,12-13H2,1-3H3,(H,24,27)/b16-14+/t17-/m0/s1. The second kappa shape index (κ2) is 8.21. The third-order valence-electron chi connectivity index (χ3n) is 5.16. The number of amides is 2. The van der Waals surface area contributed by atoms with Crippen LogP contribution >= 0.6 is 0 Å². The first-order valence-corrected chi connectivity index (χ1v) is 9.37. The first-order chi connectivity index (χ1) is 13.0. The van der Waals surface area contributed by atoms with Gasteiger partial charge in [-0.1, -0.05) is 35.9 Å². The predicted octanol–water partition coefficient (Wildman–Crippen LogP) is 4.81. The summed E-state index contributed by atoms with van der Waals surface area (Å²) < 4.78 is 0. The molecule has 1 aliphatic rings. The van der Waals surface area contributed by atoms with Gasteiger partial charge < -0.3 is 10.2 Å². The molecule has 2 aromatic rings. The van der Waals surface area contributed by atoms with Gasteiger partial charge in [0, 0.05) is 24.4 Å². The molecule has 0 aromatic heterocycles. The van der Waals surface area contributed by atoms with E-state index in [1.54, 1.807) is 23.1 Å². The highest BCUT2D eigenvalue weighted by Gasteiger charge is 2.24. The molecule has 0 aliphatic heterocycles. The van der Waals surface area contributed by atoms with Crippen molar-refractivity contribution in [3.63, 3.8) is 0 Å². The summed E-state index contributed by atoms with van der Waals surface area (Å²) in [5.41, 5.74) is 3.49. The van der Waals surface area contributed by atoms with Gasteiger partial charge in [-0.25, -0.2) is 0 Å². The van der Waals surface area contributed by atoms with Crippen molar-refractivity contribution in [2.45, 2.75) is 32.7 Å². The Morgan fingerprint density at radius 1 is 1.11 bits per heavy atom. The summed E-state index contributed by atoms with van der Waals surface area (Å²) in [5, 5.41) is 2.92. The summed E-state index contributed by atoms with van der Waals surface area (Å²) >= 11 is 0. The summed E-state index contributed by atoms with van der Waals surface area (Å²) in [6.45, 7) is 4.03. The molecule has 0 bridgehead atoms. The number of hydrogen-bond acceptors (Lipinski definition) is 2. The van der Waals surface area contributed by atoms with Crippen LogP contribution in [0.5, 0.6) is 0 Å². The molecule has 0 spiro atoms. The van der Waals surface area contributed by atoms with E-state index in [4.69, 9.17) is 0 Å². The number of hydrogen-bond donors (Lipinski definition) is 1. The average Bonchev–Trinajstić information content (AvgIpc) is 3.53. The minimum Gasteiger partial charge on any atom is -0.335 e. The molecule has 140 valence electrons. The van der Waals surface area contributed by atoms with Gasteiger partial charge in [-0.05, 0) is 62.4 Å². The van der Waals surface area contributed by atoms with Gasteiger partial charge in [0.1, 0.15) is 0 Å². The molecular weight excluding hydrogens is 336 g/mol. The molecule has 3 rings (SSSR count). The Labute approximate surface area is 160 Å². The Morgan fingerprint density at radius 2 is 1.81 bits per heavy atom. The van der Waals surface area contributed by atoms with Gasteiger partial charge in [-0.3, -0.25) is 9.59 Å². The summed E-state index contributed by atoms with van der Waals surface area (Å²) in [6.07, 6.45) is 4.14. The van der Waals surface area contributed by atoms with E-state index in [0.29, 0.717) is 11.5 Å². The predicted molar refractivity (Wildman–Crippen MR) is 109 cm³/mol. The fourth-order valence-corrected chi connectivity index (χ4v) is 3.04. The van der Waals surface area contributed by atoms with Crippen molar-refractivity contribution < 1.29 is 9.59 Å². The van der Waals surface area contributed by atoms with Crippen molar-refractivity contribution >= 4 is 17.5 Å². The minimum absolute atomic E-state index is 0.0191. The van der Waals surface area contributed by atoms with Gasteiger partial charge in [-0.2, -0.15) is 0 Å². The van der Waals surface area contributed by atoms with E-state index in [0.717, 1.165) is 11.3 Å². The number of anilines is 1. The van der Waals surface area contributed by atoms with Crippen molar-refractivity contribution in [3.8, 4) is 0 Å². The smallest absolute Gasteiger partial charge is 0.255 e. The van der Waals surface area contributed by atoms with Crippen LogP contribution < -0.4 is 5.32 Å². The Morgan fingerprint density at radius 3 is 2.48 bits per heavy atom. The molecule has 1 atom stereocenters. The summed E-state index contributed by atoms with van der Waals surface area (Å²) in [7, 11) is 1.82. The molecule has 1 fully saturated rings. The highest BCUT2D eigenvalue weighted by Crippen LogP contribution is 2.36. The van der Waals surface area contributed by atoms with Crippen LogP contribution in [0.3, 0.4) is 0 Å². The fourth-order valence-electron chi connectivity index (χ4n) is 3.04. The molecule has 1 saturated carbocycles. The minimum atomic E-state index is -0.146. The summed E-state index contributed by atoms with van der Waals surface area (Å²) in [5.74, 6) is 0.465. The van der Waals surface area contributed by atoms with Crippen molar-refractivity contribution in [3.05, 3.63) is 77.4 Å². The van der Waals surface area contributed by atoms with Crippen molar-refractivity contribution in [2.75, 3.05) is 12.4 Å². The lowest BCUT2D eigenvalue weighted by Gasteiger charge is -2.25. The zero-order valence-electron chi connectivity index (χ0n) is 16.1. The quantitative estimate of drug-likeness (QED) is 0.749. The normalized spacial score (nSPS) is 15.1. The molecule has 2 amide bonds. The van der Waals surface area contributed by atoms with Gasteiger partial charge in [-0.15, -0.1) is 0 Å². The number of carbonyl (C=O) groups is 2. The van der Waals surface area contributed by atoms with E-state index in [2.05, 4.69) is 5.32 Å². The average molecular weight is 362 g/mol. The SMILES string of the molecule is C/C(=C\C(=O)N(C)[C@@H](C)c1cccc(NC(=O)c2ccccc2)c1)C1CC1. The molecule has 0 saturated heterocycles. The molecular formula is C23H26N2O2. The number of likely N-dealkylation sites (N-methyl/N-ethyl adjacent to an activating group) is 1. The van der Waals surface area contributed by atoms with Gasteiger partial charge in [0.05, 0.1) is 6.04 Å². The molecule has 2 aromatic carbocycles. The monoisotopic (exact) mass is 362 g/mol. The maximum Gasteiger partial charge on any atom is 0.255 e. The molecule has 1 aliphatic carbocycles. The van der Waals surface area contributed by atoms with Crippen LogP contribution in [0.15, 0.2) is 66.2 Å². The molecule has 1 N–H and O–H groups in total. The third-order valence-corrected chi connectivity index (χ3v) is 5.16. The second-order valence-electron chi connectivity index (χ2n) is 7.23. The molecule has 0 heterocycles. The van der Waals surface area contributed by atoms with Gasteiger partial charge in [0.25, 0.3) is 5.91 Å². The largest absolute Gasteiger partial charge is 0.335 e. The van der Waals surface area contributed by atoms with Crippen LogP contribution in [0, 0.1) is 5.92 Å². The third kappa shape index (κ3) is 4.85. The van der Waals surface area contributed by atoms with Crippen LogP contribution in [-0.4, -0.2) is 23.8 Å². The zero-order chi connectivity index (χ0) is 19.4. The Balaban J connectivity index is 1.69. The van der Waals surface area contributed by atoms with E-state index >= 15 is 0 Å². The second-order valence-corrected chi connectivity index (χ2v) is 7.23. The van der Waals surface area contributed by atoms with E-state index in [-0.39, 0.29) is 17.9 Å². The summed E-state index contributed by atoms with van der Waals surface area (Å²) in [6, 6.07) is 16.7. The number of carbonyl (C=O) groups excluding carboxylic acids is 2.